The van der Waals surface area contributed by atoms with Crippen LogP contribution in [0.2, 0.25) is 0 Å². The van der Waals surface area contributed by atoms with Crippen LogP contribution in [-0.4, -0.2) is 52.9 Å². The van der Waals surface area contributed by atoms with Crippen molar-refractivity contribution in [3.8, 4) is 0 Å². The number of sulfonamides is 1. The summed E-state index contributed by atoms with van der Waals surface area (Å²) in [6.45, 7) is 1.46. The van der Waals surface area contributed by atoms with Gasteiger partial charge in [0.15, 0.2) is 0 Å². The topological polar surface area (TPSA) is 75.5 Å². The van der Waals surface area contributed by atoms with Crippen molar-refractivity contribution in [2.45, 2.75) is 30.3 Å². The molecule has 0 radical (unpaired) electrons. The van der Waals surface area contributed by atoms with E-state index in [1.807, 2.05) is 0 Å². The van der Waals surface area contributed by atoms with Crippen LogP contribution in [0.15, 0.2) is 41.4 Å². The molecule has 0 N–H and O–H groups in total. The second-order valence-corrected chi connectivity index (χ2v) is 8.56. The van der Waals surface area contributed by atoms with Gasteiger partial charge in [-0.25, -0.2) is 12.8 Å². The Morgan fingerprint density at radius 1 is 1.27 bits per heavy atom. The van der Waals surface area contributed by atoms with E-state index in [1.165, 1.54) is 22.5 Å². The lowest BCUT2D eigenvalue weighted by atomic mass is 10.2. The number of hydrogen-bond donors (Lipinski definition) is 0. The van der Waals surface area contributed by atoms with Gasteiger partial charge in [0, 0.05) is 32.3 Å². The summed E-state index contributed by atoms with van der Waals surface area (Å²) in [6.07, 6.45) is 2.99. The molecule has 2 aliphatic heterocycles. The third kappa shape index (κ3) is 3.01. The van der Waals surface area contributed by atoms with E-state index >= 15 is 0 Å². The summed E-state index contributed by atoms with van der Waals surface area (Å²) in [7, 11) is -3.84. The van der Waals surface area contributed by atoms with E-state index in [0.717, 1.165) is 18.2 Å². The van der Waals surface area contributed by atoms with Crippen LogP contribution in [0.3, 0.4) is 0 Å². The molecule has 0 bridgehead atoms. The van der Waals surface area contributed by atoms with E-state index in [4.69, 9.17) is 0 Å². The molecule has 2 aliphatic rings. The fraction of sp³-hybridized carbons (Fsp3) is 0.412. The molecule has 2 aromatic rings. The minimum Gasteiger partial charge on any atom is -0.340 e. The van der Waals surface area contributed by atoms with Gasteiger partial charge in [-0.3, -0.25) is 9.48 Å². The van der Waals surface area contributed by atoms with Crippen LogP contribution in [-0.2, 0) is 21.4 Å². The van der Waals surface area contributed by atoms with E-state index in [2.05, 4.69) is 5.10 Å². The highest BCUT2D eigenvalue weighted by Crippen LogP contribution is 2.28. The Labute approximate surface area is 151 Å². The van der Waals surface area contributed by atoms with Crippen LogP contribution < -0.4 is 0 Å². The molecule has 1 atom stereocenters. The summed E-state index contributed by atoms with van der Waals surface area (Å²) >= 11 is 0. The van der Waals surface area contributed by atoms with Crippen molar-refractivity contribution >= 4 is 15.9 Å². The molecular weight excluding hydrogens is 359 g/mol. The summed E-state index contributed by atoms with van der Waals surface area (Å²) in [5, 5.41) is 4.31. The molecule has 0 spiro atoms. The van der Waals surface area contributed by atoms with Gasteiger partial charge >= 0.3 is 0 Å². The average molecular weight is 378 g/mol. The SMILES string of the molecule is O=C1CCCN1C[C@@H]1CN(S(=O)(=O)c2cccc(F)c2)Cc2ccnn21. The Kier molecular flexibility index (Phi) is 4.28. The van der Waals surface area contributed by atoms with Gasteiger partial charge in [-0.15, -0.1) is 0 Å². The lowest BCUT2D eigenvalue weighted by Gasteiger charge is -2.35. The molecule has 0 saturated carbocycles. The zero-order valence-corrected chi connectivity index (χ0v) is 14.9. The van der Waals surface area contributed by atoms with Gasteiger partial charge in [-0.2, -0.15) is 9.40 Å². The second kappa shape index (κ2) is 6.48. The Morgan fingerprint density at radius 3 is 2.85 bits per heavy atom. The highest BCUT2D eigenvalue weighted by molar-refractivity contribution is 7.89. The Hall–Kier alpha value is -2.26. The van der Waals surface area contributed by atoms with Gasteiger partial charge in [-0.05, 0) is 30.7 Å². The van der Waals surface area contributed by atoms with Crippen molar-refractivity contribution in [2.24, 2.45) is 0 Å². The molecule has 1 aromatic heterocycles. The second-order valence-electron chi connectivity index (χ2n) is 6.62. The predicted octanol–water partition coefficient (Wildman–Crippen LogP) is 1.39. The summed E-state index contributed by atoms with van der Waals surface area (Å²) in [5.41, 5.74) is 0.757. The molecule has 1 saturated heterocycles. The molecule has 1 amide bonds. The molecule has 138 valence electrons. The number of rotatable bonds is 4. The zero-order valence-electron chi connectivity index (χ0n) is 14.1. The van der Waals surface area contributed by atoms with Gasteiger partial charge in [0.2, 0.25) is 15.9 Å². The van der Waals surface area contributed by atoms with Crippen molar-refractivity contribution in [1.29, 1.82) is 0 Å². The number of nitrogens with zero attached hydrogens (tertiary/aromatic N) is 4. The summed E-state index contributed by atoms with van der Waals surface area (Å²) in [6, 6.07) is 6.53. The van der Waals surface area contributed by atoms with Crippen LogP contribution in [0, 0.1) is 5.82 Å². The molecule has 0 aliphatic carbocycles. The van der Waals surface area contributed by atoms with Gasteiger partial charge in [0.25, 0.3) is 0 Å². The molecule has 0 unspecified atom stereocenters. The minimum absolute atomic E-state index is 0.0681. The third-order valence-electron chi connectivity index (χ3n) is 4.89. The first-order valence-corrected chi connectivity index (χ1v) is 9.95. The normalized spacial score (nSPS) is 21.2. The summed E-state index contributed by atoms with van der Waals surface area (Å²) in [5.74, 6) is -0.504. The smallest absolute Gasteiger partial charge is 0.243 e. The number of fused-ring (bicyclic) bond motifs is 1. The highest BCUT2D eigenvalue weighted by Gasteiger charge is 2.35. The fourth-order valence-electron chi connectivity index (χ4n) is 3.60. The predicted molar refractivity (Wildman–Crippen MR) is 91.1 cm³/mol. The fourth-order valence-corrected chi connectivity index (χ4v) is 5.08. The molecule has 1 aromatic carbocycles. The van der Waals surface area contributed by atoms with Crippen molar-refractivity contribution in [3.05, 3.63) is 48.0 Å². The molecule has 1 fully saturated rings. The Morgan fingerprint density at radius 2 is 2.12 bits per heavy atom. The van der Waals surface area contributed by atoms with Crippen LogP contribution >= 0.6 is 0 Å². The maximum absolute atomic E-state index is 13.5. The molecule has 7 nitrogen and oxygen atoms in total. The molecule has 3 heterocycles. The van der Waals surface area contributed by atoms with Gasteiger partial charge in [0.05, 0.1) is 23.2 Å². The van der Waals surface area contributed by atoms with Gasteiger partial charge in [-0.1, -0.05) is 6.07 Å². The number of carbonyl (C=O) groups excluding carboxylic acids is 1. The summed E-state index contributed by atoms with van der Waals surface area (Å²) < 4.78 is 42.6. The Bertz CT molecular complexity index is 943. The number of hydrogen-bond acceptors (Lipinski definition) is 4. The van der Waals surface area contributed by atoms with Crippen LogP contribution in [0.1, 0.15) is 24.6 Å². The van der Waals surface area contributed by atoms with Crippen LogP contribution in [0.25, 0.3) is 0 Å². The first-order chi connectivity index (χ1) is 12.4. The number of carbonyl (C=O) groups is 1. The Balaban J connectivity index is 1.64. The number of likely N-dealkylation sites (tertiary alicyclic amines) is 1. The number of aromatic nitrogens is 2. The zero-order chi connectivity index (χ0) is 18.3. The molecular formula is C17H19FN4O3S. The minimum atomic E-state index is -3.84. The van der Waals surface area contributed by atoms with E-state index in [9.17, 15) is 17.6 Å². The highest BCUT2D eigenvalue weighted by atomic mass is 32.2. The monoisotopic (exact) mass is 378 g/mol. The maximum atomic E-state index is 13.5. The number of benzene rings is 1. The van der Waals surface area contributed by atoms with E-state index in [-0.39, 0.29) is 29.9 Å². The van der Waals surface area contributed by atoms with Gasteiger partial charge in [0.1, 0.15) is 5.82 Å². The quantitative estimate of drug-likeness (QED) is 0.806. The van der Waals surface area contributed by atoms with E-state index in [1.54, 1.807) is 21.8 Å². The van der Waals surface area contributed by atoms with E-state index in [0.29, 0.717) is 19.5 Å². The largest absolute Gasteiger partial charge is 0.340 e. The standard InChI is InChI=1S/C17H19FN4O3S/c18-13-3-1-4-16(9-13)26(24,25)21-11-14-6-7-19-22(14)15(12-21)10-20-8-2-5-17(20)23/h1,3-4,6-7,9,15H,2,5,8,10-12H2/t15-/m1/s1. The van der Waals surface area contributed by atoms with Crippen molar-refractivity contribution in [2.75, 3.05) is 19.6 Å². The molecule has 4 rings (SSSR count). The first-order valence-electron chi connectivity index (χ1n) is 8.51. The van der Waals surface area contributed by atoms with Crippen LogP contribution in [0.4, 0.5) is 4.39 Å². The van der Waals surface area contributed by atoms with Crippen LogP contribution in [0.5, 0.6) is 0 Å². The van der Waals surface area contributed by atoms with Crippen molar-refractivity contribution < 1.29 is 17.6 Å². The lowest BCUT2D eigenvalue weighted by Crippen LogP contribution is -2.45. The third-order valence-corrected chi connectivity index (χ3v) is 6.69. The van der Waals surface area contributed by atoms with E-state index < -0.39 is 15.8 Å². The number of halogens is 1. The van der Waals surface area contributed by atoms with Crippen molar-refractivity contribution in [3.63, 3.8) is 0 Å². The van der Waals surface area contributed by atoms with Gasteiger partial charge < -0.3 is 4.90 Å². The summed E-state index contributed by atoms with van der Waals surface area (Å²) in [4.78, 5) is 13.6. The average Bonchev–Trinajstić information content (AvgIpc) is 3.24. The number of amides is 1. The molecule has 9 heteroatoms. The maximum Gasteiger partial charge on any atom is 0.243 e. The first kappa shape index (κ1) is 17.2. The lowest BCUT2D eigenvalue weighted by molar-refractivity contribution is -0.128. The van der Waals surface area contributed by atoms with Crippen molar-refractivity contribution in [1.82, 2.24) is 19.0 Å². The molecule has 26 heavy (non-hydrogen) atoms.